The van der Waals surface area contributed by atoms with Gasteiger partial charge in [-0.2, -0.15) is 0 Å². The smallest absolute Gasteiger partial charge is 0.320 e. The molecule has 0 bridgehead atoms. The van der Waals surface area contributed by atoms with Crippen LogP contribution in [0.3, 0.4) is 0 Å². The van der Waals surface area contributed by atoms with Crippen molar-refractivity contribution in [3.05, 3.63) is 59.3 Å². The molecule has 0 aliphatic rings. The van der Waals surface area contributed by atoms with Gasteiger partial charge in [0, 0.05) is 12.7 Å². The summed E-state index contributed by atoms with van der Waals surface area (Å²) in [6, 6.07) is 11.8. The van der Waals surface area contributed by atoms with Crippen LogP contribution in [0.2, 0.25) is 0 Å². The Hall–Kier alpha value is -2.36. The van der Waals surface area contributed by atoms with Gasteiger partial charge in [0.05, 0.1) is 0 Å². The molecule has 0 fully saturated rings. The molecule has 0 atom stereocenters. The Balaban J connectivity index is 1.78. The maximum Gasteiger partial charge on any atom is 0.320 e. The first kappa shape index (κ1) is 14.1. The fraction of sp³-hybridized carbons (Fsp3) is 0.250. The van der Waals surface area contributed by atoms with Gasteiger partial charge >= 0.3 is 6.03 Å². The molecule has 20 heavy (non-hydrogen) atoms. The molecule has 0 saturated carbocycles. The van der Waals surface area contributed by atoms with Crippen LogP contribution in [0.5, 0.6) is 0 Å². The van der Waals surface area contributed by atoms with Gasteiger partial charge in [0.1, 0.15) is 5.82 Å². The van der Waals surface area contributed by atoms with Gasteiger partial charge in [-0.25, -0.2) is 9.78 Å². The summed E-state index contributed by atoms with van der Waals surface area (Å²) in [5.41, 5.74) is 3.40. The van der Waals surface area contributed by atoms with E-state index in [1.807, 2.05) is 19.1 Å². The van der Waals surface area contributed by atoms with Crippen molar-refractivity contribution in [2.24, 2.45) is 0 Å². The molecule has 0 spiro atoms. The average molecular weight is 269 g/mol. The Morgan fingerprint density at radius 2 is 1.90 bits per heavy atom. The van der Waals surface area contributed by atoms with E-state index in [2.05, 4.69) is 46.8 Å². The fourth-order valence-electron chi connectivity index (χ4n) is 1.84. The minimum atomic E-state index is -0.223. The Kier molecular flexibility index (Phi) is 4.71. The minimum absolute atomic E-state index is 0.223. The van der Waals surface area contributed by atoms with Crippen molar-refractivity contribution in [2.75, 3.05) is 11.9 Å². The predicted molar refractivity (Wildman–Crippen MR) is 80.9 cm³/mol. The number of urea groups is 1. The highest BCUT2D eigenvalue weighted by atomic mass is 16.2. The molecule has 2 N–H and O–H groups in total. The van der Waals surface area contributed by atoms with Gasteiger partial charge in [0.25, 0.3) is 0 Å². The molecular formula is C16H19N3O. The van der Waals surface area contributed by atoms with Gasteiger partial charge in [-0.1, -0.05) is 35.9 Å². The molecule has 0 saturated heterocycles. The van der Waals surface area contributed by atoms with E-state index in [1.54, 1.807) is 6.20 Å². The van der Waals surface area contributed by atoms with Gasteiger partial charge in [-0.15, -0.1) is 0 Å². The lowest BCUT2D eigenvalue weighted by Crippen LogP contribution is -2.31. The van der Waals surface area contributed by atoms with Crippen molar-refractivity contribution in [3.63, 3.8) is 0 Å². The van der Waals surface area contributed by atoms with Crippen LogP contribution < -0.4 is 10.6 Å². The monoisotopic (exact) mass is 269 g/mol. The van der Waals surface area contributed by atoms with E-state index in [4.69, 9.17) is 0 Å². The van der Waals surface area contributed by atoms with Crippen molar-refractivity contribution >= 4 is 11.8 Å². The maximum atomic E-state index is 11.7. The number of nitrogens with one attached hydrogen (secondary N) is 2. The number of anilines is 1. The highest BCUT2D eigenvalue weighted by molar-refractivity contribution is 5.88. The van der Waals surface area contributed by atoms with E-state index in [-0.39, 0.29) is 6.03 Å². The molecular weight excluding hydrogens is 250 g/mol. The lowest BCUT2D eigenvalue weighted by molar-refractivity contribution is 0.252. The van der Waals surface area contributed by atoms with E-state index in [0.29, 0.717) is 12.4 Å². The molecule has 4 nitrogen and oxygen atoms in total. The zero-order valence-electron chi connectivity index (χ0n) is 11.8. The number of nitrogens with zero attached hydrogens (tertiary/aromatic N) is 1. The molecule has 4 heteroatoms. The topological polar surface area (TPSA) is 54.0 Å². The standard InChI is InChI=1S/C16H19N3O/c1-12-5-7-14(8-6-12)9-11-18-16(20)19-15-13(2)4-3-10-17-15/h3-8,10H,9,11H2,1-2H3,(H2,17,18,19,20). The summed E-state index contributed by atoms with van der Waals surface area (Å²) < 4.78 is 0. The van der Waals surface area contributed by atoms with Crippen molar-refractivity contribution < 1.29 is 4.79 Å². The summed E-state index contributed by atoms with van der Waals surface area (Å²) in [4.78, 5) is 15.9. The third-order valence-corrected chi connectivity index (χ3v) is 3.06. The first-order chi connectivity index (χ1) is 9.65. The Morgan fingerprint density at radius 1 is 1.15 bits per heavy atom. The fourth-order valence-corrected chi connectivity index (χ4v) is 1.84. The van der Waals surface area contributed by atoms with Crippen LogP contribution in [0, 0.1) is 13.8 Å². The highest BCUT2D eigenvalue weighted by Gasteiger charge is 2.04. The van der Waals surface area contributed by atoms with Gasteiger partial charge in [-0.3, -0.25) is 5.32 Å². The minimum Gasteiger partial charge on any atom is -0.337 e. The zero-order valence-corrected chi connectivity index (χ0v) is 11.8. The van der Waals surface area contributed by atoms with Gasteiger partial charge in [0.2, 0.25) is 0 Å². The summed E-state index contributed by atoms with van der Waals surface area (Å²) in [6.45, 7) is 4.57. The number of rotatable bonds is 4. The average Bonchev–Trinajstić information content (AvgIpc) is 2.44. The zero-order chi connectivity index (χ0) is 14.4. The normalized spacial score (nSPS) is 10.1. The van der Waals surface area contributed by atoms with Crippen LogP contribution in [0.15, 0.2) is 42.6 Å². The SMILES string of the molecule is Cc1ccc(CCNC(=O)Nc2ncccc2C)cc1. The summed E-state index contributed by atoms with van der Waals surface area (Å²) in [5, 5.41) is 5.58. The number of pyridine rings is 1. The van der Waals surface area contributed by atoms with Crippen molar-refractivity contribution in [3.8, 4) is 0 Å². The number of amides is 2. The molecule has 104 valence electrons. The van der Waals surface area contributed by atoms with Crippen molar-refractivity contribution in [1.29, 1.82) is 0 Å². The van der Waals surface area contributed by atoms with Gasteiger partial charge < -0.3 is 5.32 Å². The first-order valence-corrected chi connectivity index (χ1v) is 6.67. The molecule has 0 radical (unpaired) electrons. The third kappa shape index (κ3) is 4.09. The molecule has 2 amide bonds. The van der Waals surface area contributed by atoms with E-state index >= 15 is 0 Å². The van der Waals surface area contributed by atoms with Crippen LogP contribution in [-0.2, 0) is 6.42 Å². The van der Waals surface area contributed by atoms with Crippen molar-refractivity contribution in [1.82, 2.24) is 10.3 Å². The second-order valence-electron chi connectivity index (χ2n) is 4.79. The number of hydrogen-bond donors (Lipinski definition) is 2. The number of aryl methyl sites for hydroxylation is 2. The van der Waals surface area contributed by atoms with Crippen molar-refractivity contribution in [2.45, 2.75) is 20.3 Å². The summed E-state index contributed by atoms with van der Waals surface area (Å²) in [5.74, 6) is 0.598. The molecule has 2 aromatic rings. The molecule has 2 rings (SSSR count). The highest BCUT2D eigenvalue weighted by Crippen LogP contribution is 2.08. The summed E-state index contributed by atoms with van der Waals surface area (Å²) >= 11 is 0. The summed E-state index contributed by atoms with van der Waals surface area (Å²) in [6.07, 6.45) is 2.48. The number of aromatic nitrogens is 1. The Labute approximate surface area is 119 Å². The number of benzene rings is 1. The number of carbonyl (C=O) groups excluding carboxylic acids is 1. The summed E-state index contributed by atoms with van der Waals surface area (Å²) in [7, 11) is 0. The predicted octanol–water partition coefficient (Wildman–Crippen LogP) is 3.06. The van der Waals surface area contributed by atoms with E-state index in [9.17, 15) is 4.79 Å². The van der Waals surface area contributed by atoms with E-state index in [0.717, 1.165) is 12.0 Å². The molecule has 0 aliphatic carbocycles. The van der Waals surface area contributed by atoms with Gasteiger partial charge in [0.15, 0.2) is 0 Å². The number of hydrogen-bond acceptors (Lipinski definition) is 2. The van der Waals surface area contributed by atoms with E-state index < -0.39 is 0 Å². The molecule has 1 aromatic carbocycles. The van der Waals surface area contributed by atoms with Crippen LogP contribution in [0.4, 0.5) is 10.6 Å². The molecule has 1 heterocycles. The van der Waals surface area contributed by atoms with Gasteiger partial charge in [-0.05, 0) is 37.5 Å². The number of carbonyl (C=O) groups is 1. The maximum absolute atomic E-state index is 11.7. The second-order valence-corrected chi connectivity index (χ2v) is 4.79. The van der Waals surface area contributed by atoms with Crippen LogP contribution >= 0.6 is 0 Å². The lowest BCUT2D eigenvalue weighted by Gasteiger charge is -2.08. The third-order valence-electron chi connectivity index (χ3n) is 3.06. The Morgan fingerprint density at radius 3 is 2.60 bits per heavy atom. The largest absolute Gasteiger partial charge is 0.337 e. The first-order valence-electron chi connectivity index (χ1n) is 6.67. The molecule has 1 aromatic heterocycles. The second kappa shape index (κ2) is 6.70. The van der Waals surface area contributed by atoms with Crippen LogP contribution in [-0.4, -0.2) is 17.6 Å². The quantitative estimate of drug-likeness (QED) is 0.896. The van der Waals surface area contributed by atoms with Crippen LogP contribution in [0.25, 0.3) is 0 Å². The lowest BCUT2D eigenvalue weighted by atomic mass is 10.1. The Bertz CT molecular complexity index is 579. The molecule has 0 aliphatic heterocycles. The van der Waals surface area contributed by atoms with E-state index in [1.165, 1.54) is 11.1 Å². The molecule has 0 unspecified atom stereocenters. The van der Waals surface area contributed by atoms with Crippen LogP contribution in [0.1, 0.15) is 16.7 Å².